The summed E-state index contributed by atoms with van der Waals surface area (Å²) in [5.74, 6) is -0.383. The highest BCUT2D eigenvalue weighted by atomic mass is 35.5. The van der Waals surface area contributed by atoms with Gasteiger partial charge in [0.15, 0.2) is 5.65 Å². The molecule has 1 aliphatic carbocycles. The van der Waals surface area contributed by atoms with E-state index in [-0.39, 0.29) is 24.1 Å². The molecule has 1 amide bonds. The Labute approximate surface area is 214 Å². The molecule has 4 rings (SSSR count). The van der Waals surface area contributed by atoms with Gasteiger partial charge in [-0.25, -0.2) is 13.9 Å². The molecular formula is C25H32ClFN6O3. The third-order valence-electron chi connectivity index (χ3n) is 6.75. The molecule has 1 saturated carbocycles. The molecule has 3 aromatic heterocycles. The molecule has 0 unspecified atom stereocenters. The Morgan fingerprint density at radius 2 is 1.97 bits per heavy atom. The van der Waals surface area contributed by atoms with E-state index < -0.39 is 23.3 Å². The molecule has 0 bridgehead atoms. The lowest BCUT2D eigenvalue weighted by molar-refractivity contribution is -0.00178. The first-order valence-corrected chi connectivity index (χ1v) is 12.3. The molecule has 36 heavy (non-hydrogen) atoms. The van der Waals surface area contributed by atoms with E-state index in [0.29, 0.717) is 27.6 Å². The van der Waals surface area contributed by atoms with Gasteiger partial charge in [-0.15, -0.1) is 0 Å². The van der Waals surface area contributed by atoms with Gasteiger partial charge < -0.3 is 20.8 Å². The summed E-state index contributed by atoms with van der Waals surface area (Å²) < 4.78 is 15.8. The van der Waals surface area contributed by atoms with Crippen LogP contribution in [0.5, 0.6) is 0 Å². The second-order valence-electron chi connectivity index (χ2n) is 10.5. The van der Waals surface area contributed by atoms with Gasteiger partial charge in [-0.2, -0.15) is 5.10 Å². The third kappa shape index (κ3) is 5.77. The van der Waals surface area contributed by atoms with Gasteiger partial charge in [0.1, 0.15) is 6.17 Å². The number of anilines is 1. The molecule has 194 valence electrons. The van der Waals surface area contributed by atoms with Crippen molar-refractivity contribution in [1.29, 1.82) is 0 Å². The lowest BCUT2D eigenvalue weighted by Gasteiger charge is -2.26. The summed E-state index contributed by atoms with van der Waals surface area (Å²) in [7, 11) is 0. The Morgan fingerprint density at radius 1 is 1.22 bits per heavy atom. The van der Waals surface area contributed by atoms with Gasteiger partial charge in [0.25, 0.3) is 5.91 Å². The fourth-order valence-corrected chi connectivity index (χ4v) is 4.58. The van der Waals surface area contributed by atoms with Crippen molar-refractivity contribution in [2.45, 2.75) is 70.4 Å². The molecule has 0 aliphatic heterocycles. The van der Waals surface area contributed by atoms with E-state index in [9.17, 15) is 19.4 Å². The zero-order chi connectivity index (χ0) is 26.3. The van der Waals surface area contributed by atoms with Crippen molar-refractivity contribution in [2.75, 3.05) is 11.9 Å². The summed E-state index contributed by atoms with van der Waals surface area (Å²) in [6, 6.07) is 1.79. The summed E-state index contributed by atoms with van der Waals surface area (Å²) >= 11 is 6.02. The van der Waals surface area contributed by atoms with Crippen LogP contribution in [0.2, 0.25) is 5.02 Å². The van der Waals surface area contributed by atoms with E-state index in [4.69, 9.17) is 11.6 Å². The van der Waals surface area contributed by atoms with Gasteiger partial charge in [0.05, 0.1) is 57.7 Å². The van der Waals surface area contributed by atoms with Crippen LogP contribution in [0.25, 0.3) is 16.9 Å². The van der Waals surface area contributed by atoms with Gasteiger partial charge in [-0.05, 0) is 58.9 Å². The predicted octanol–water partition coefficient (Wildman–Crippen LogP) is 3.64. The lowest BCUT2D eigenvalue weighted by atomic mass is 9.89. The number of carbonyl (C=O) groups excluding carboxylic acids is 1. The fraction of sp³-hybridized carbons (Fsp3) is 0.520. The SMILES string of the molecule is CC(C)(O)[C@H]1CC[C@H](Nc2cc(-c3cnn4cc(Cl)cnc34)ncc2C(=O)NC[C@@H](F)C(C)(C)O)C1. The van der Waals surface area contributed by atoms with Crippen LogP contribution in [0, 0.1) is 5.92 Å². The molecule has 3 atom stereocenters. The number of halogens is 2. The van der Waals surface area contributed by atoms with Crippen molar-refractivity contribution >= 4 is 28.8 Å². The van der Waals surface area contributed by atoms with Crippen LogP contribution in [0.15, 0.2) is 30.9 Å². The minimum atomic E-state index is -1.64. The minimum absolute atomic E-state index is 0.0364. The van der Waals surface area contributed by atoms with Crippen molar-refractivity contribution in [1.82, 2.24) is 24.9 Å². The van der Waals surface area contributed by atoms with Crippen molar-refractivity contribution < 1.29 is 19.4 Å². The van der Waals surface area contributed by atoms with E-state index in [1.165, 1.54) is 26.2 Å². The van der Waals surface area contributed by atoms with E-state index >= 15 is 0 Å². The molecule has 0 radical (unpaired) electrons. The molecule has 9 nitrogen and oxygen atoms in total. The number of fused-ring (bicyclic) bond motifs is 1. The molecule has 0 saturated heterocycles. The number of alkyl halides is 1. The summed E-state index contributed by atoms with van der Waals surface area (Å²) in [5, 5.41) is 31.0. The van der Waals surface area contributed by atoms with Crippen LogP contribution in [0.1, 0.15) is 57.3 Å². The molecule has 1 aliphatic rings. The number of nitrogens with one attached hydrogen (secondary N) is 2. The molecular weight excluding hydrogens is 487 g/mol. The van der Waals surface area contributed by atoms with Gasteiger partial charge >= 0.3 is 0 Å². The van der Waals surface area contributed by atoms with Gasteiger partial charge in [0, 0.05) is 18.4 Å². The summed E-state index contributed by atoms with van der Waals surface area (Å²) in [6.07, 6.45) is 7.01. The number of amides is 1. The molecule has 1 fully saturated rings. The first kappa shape index (κ1) is 26.2. The van der Waals surface area contributed by atoms with Crippen molar-refractivity contribution in [2.24, 2.45) is 5.92 Å². The molecule has 3 heterocycles. The van der Waals surface area contributed by atoms with Crippen LogP contribution in [0.3, 0.4) is 0 Å². The molecule has 4 N–H and O–H groups in total. The summed E-state index contributed by atoms with van der Waals surface area (Å²) in [4.78, 5) is 21.8. The Balaban J connectivity index is 1.64. The van der Waals surface area contributed by atoms with Gasteiger partial charge in [0.2, 0.25) is 0 Å². The van der Waals surface area contributed by atoms with E-state index in [1.54, 1.807) is 23.0 Å². The number of hydrogen-bond donors (Lipinski definition) is 4. The molecule has 11 heteroatoms. The number of nitrogens with zero attached hydrogens (tertiary/aromatic N) is 4. The van der Waals surface area contributed by atoms with Crippen molar-refractivity contribution in [3.63, 3.8) is 0 Å². The number of rotatable bonds is 8. The van der Waals surface area contributed by atoms with Crippen LogP contribution >= 0.6 is 11.6 Å². The average molecular weight is 519 g/mol. The lowest BCUT2D eigenvalue weighted by Crippen LogP contribution is -2.42. The maximum Gasteiger partial charge on any atom is 0.255 e. The number of carbonyl (C=O) groups is 1. The highest BCUT2D eigenvalue weighted by Gasteiger charge is 2.35. The predicted molar refractivity (Wildman–Crippen MR) is 136 cm³/mol. The number of hydrogen-bond acceptors (Lipinski definition) is 7. The topological polar surface area (TPSA) is 125 Å². The second-order valence-corrected chi connectivity index (χ2v) is 11.0. The maximum absolute atomic E-state index is 14.3. The van der Waals surface area contributed by atoms with Crippen LogP contribution in [0.4, 0.5) is 10.1 Å². The van der Waals surface area contributed by atoms with Crippen molar-refractivity contribution in [3.05, 3.63) is 41.4 Å². The Bertz CT molecular complexity index is 1250. The van der Waals surface area contributed by atoms with E-state index in [0.717, 1.165) is 19.3 Å². The van der Waals surface area contributed by atoms with Crippen LogP contribution in [-0.2, 0) is 0 Å². The standard InChI is InChI=1S/C25H32ClFN6O3/c1-24(2,35)14-5-6-16(7-14)32-20-8-19(17-11-31-33-13-15(26)9-29-22(17)33)28-10-18(20)23(34)30-12-21(27)25(3,4)36/h8-11,13-14,16,21,35-36H,5-7,12H2,1-4H3,(H,28,32)(H,30,34)/t14-,16-,21+/m0/s1. The van der Waals surface area contributed by atoms with Crippen LogP contribution < -0.4 is 10.6 Å². The summed E-state index contributed by atoms with van der Waals surface area (Å²) in [6.45, 7) is 5.98. The van der Waals surface area contributed by atoms with Crippen LogP contribution in [-0.4, -0.2) is 65.7 Å². The monoisotopic (exact) mass is 518 g/mol. The Hall–Kier alpha value is -2.82. The molecule has 0 aromatic carbocycles. The fourth-order valence-electron chi connectivity index (χ4n) is 4.44. The van der Waals surface area contributed by atoms with E-state index in [1.807, 2.05) is 13.8 Å². The highest BCUT2D eigenvalue weighted by molar-refractivity contribution is 6.30. The normalized spacial score (nSPS) is 19.4. The van der Waals surface area contributed by atoms with Gasteiger partial charge in [-0.3, -0.25) is 9.78 Å². The number of pyridine rings is 1. The van der Waals surface area contributed by atoms with E-state index in [2.05, 4.69) is 25.7 Å². The summed E-state index contributed by atoms with van der Waals surface area (Å²) in [5.41, 5.74) is 0.183. The third-order valence-corrected chi connectivity index (χ3v) is 6.94. The number of aromatic nitrogens is 4. The molecule has 0 spiro atoms. The first-order chi connectivity index (χ1) is 16.8. The van der Waals surface area contributed by atoms with Crippen molar-refractivity contribution in [3.8, 4) is 11.3 Å². The van der Waals surface area contributed by atoms with Gasteiger partial charge in [-0.1, -0.05) is 11.6 Å². The highest BCUT2D eigenvalue weighted by Crippen LogP contribution is 2.36. The Morgan fingerprint density at radius 3 is 2.64 bits per heavy atom. The minimum Gasteiger partial charge on any atom is -0.390 e. The zero-order valence-corrected chi connectivity index (χ0v) is 21.6. The zero-order valence-electron chi connectivity index (χ0n) is 20.8. The average Bonchev–Trinajstić information content (AvgIpc) is 3.43. The number of aliphatic hydroxyl groups is 2. The largest absolute Gasteiger partial charge is 0.390 e. The Kier molecular flexibility index (Phi) is 7.23. The second kappa shape index (κ2) is 9.91. The molecule has 3 aromatic rings. The first-order valence-electron chi connectivity index (χ1n) is 12.0. The maximum atomic E-state index is 14.3. The smallest absolute Gasteiger partial charge is 0.255 e. The quantitative estimate of drug-likeness (QED) is 0.359.